The van der Waals surface area contributed by atoms with Gasteiger partial charge in [0.1, 0.15) is 29.8 Å². The number of likely N-dealkylation sites (tertiary alicyclic amines) is 1. The highest BCUT2D eigenvalue weighted by molar-refractivity contribution is 5.94. The van der Waals surface area contributed by atoms with Gasteiger partial charge in [-0.3, -0.25) is 4.79 Å². The van der Waals surface area contributed by atoms with Crippen molar-refractivity contribution in [3.63, 3.8) is 0 Å². The van der Waals surface area contributed by atoms with E-state index in [4.69, 9.17) is 9.84 Å². The molecule has 0 saturated carbocycles. The minimum absolute atomic E-state index is 0.00927. The molecule has 3 N–H and O–H groups in total. The van der Waals surface area contributed by atoms with Crippen LogP contribution in [0, 0.1) is 12.7 Å². The summed E-state index contributed by atoms with van der Waals surface area (Å²) in [5.74, 6) is -3.47. The van der Waals surface area contributed by atoms with Crippen molar-refractivity contribution < 1.29 is 32.9 Å². The molecule has 208 valence electrons. The number of aliphatic hydroxyl groups is 2. The van der Waals surface area contributed by atoms with Gasteiger partial charge < -0.3 is 25.2 Å². The number of rotatable bonds is 6. The van der Waals surface area contributed by atoms with E-state index < -0.39 is 35.6 Å². The average Bonchev–Trinajstić information content (AvgIpc) is 3.39. The molecule has 0 bridgehead atoms. The number of aryl methyl sites for hydroxylation is 1. The van der Waals surface area contributed by atoms with Crippen LogP contribution in [0.1, 0.15) is 60.8 Å². The van der Waals surface area contributed by atoms with Gasteiger partial charge in [-0.2, -0.15) is 8.78 Å². The van der Waals surface area contributed by atoms with E-state index >= 15 is 4.39 Å². The number of carbonyl (C=O) groups excluding carboxylic acids is 1. The fraction of sp³-hybridized carbons (Fsp3) is 0.464. The first-order valence-corrected chi connectivity index (χ1v) is 12.9. The summed E-state index contributed by atoms with van der Waals surface area (Å²) in [6.07, 6.45) is 1.24. The molecule has 0 spiro atoms. The number of aliphatic hydroxyl groups excluding tert-OH is 1. The number of aromatic nitrogens is 2. The number of hydrogen-bond donors (Lipinski definition) is 3. The SMILES string of the molecule is CC(=O)N1CCC(O)(c2cc3c(N[C@H](C)c4cccc(C(F)(F)CO)c4F)nc(C)nc3c3c2OCC3)CC1. The Bertz CT molecular complexity index is 1440. The maximum Gasteiger partial charge on any atom is 0.298 e. The van der Waals surface area contributed by atoms with Crippen LogP contribution in [0.3, 0.4) is 0 Å². The molecule has 5 rings (SSSR count). The summed E-state index contributed by atoms with van der Waals surface area (Å²) >= 11 is 0. The summed E-state index contributed by atoms with van der Waals surface area (Å²) in [5.41, 5.74) is -0.0643. The Morgan fingerprint density at radius 3 is 2.67 bits per heavy atom. The second kappa shape index (κ2) is 9.95. The summed E-state index contributed by atoms with van der Waals surface area (Å²) in [4.78, 5) is 22.7. The Hall–Kier alpha value is -3.44. The van der Waals surface area contributed by atoms with E-state index in [1.54, 1.807) is 24.8 Å². The largest absolute Gasteiger partial charge is 0.492 e. The number of anilines is 1. The van der Waals surface area contributed by atoms with Gasteiger partial charge >= 0.3 is 0 Å². The molecule has 8 nitrogen and oxygen atoms in total. The molecule has 11 heteroatoms. The number of hydrogen-bond acceptors (Lipinski definition) is 7. The fourth-order valence-electron chi connectivity index (χ4n) is 5.53. The third-order valence-corrected chi connectivity index (χ3v) is 7.73. The Balaban J connectivity index is 1.58. The van der Waals surface area contributed by atoms with Gasteiger partial charge in [0.25, 0.3) is 5.92 Å². The quantitative estimate of drug-likeness (QED) is 0.429. The number of alkyl halides is 2. The molecule has 2 aliphatic heterocycles. The number of ether oxygens (including phenoxy) is 1. The Morgan fingerprint density at radius 1 is 1.28 bits per heavy atom. The predicted molar refractivity (Wildman–Crippen MR) is 138 cm³/mol. The van der Waals surface area contributed by atoms with Crippen molar-refractivity contribution >= 4 is 22.6 Å². The van der Waals surface area contributed by atoms with Crippen LogP contribution < -0.4 is 10.1 Å². The number of fused-ring (bicyclic) bond motifs is 3. The molecule has 1 saturated heterocycles. The minimum Gasteiger partial charge on any atom is -0.492 e. The topological polar surface area (TPSA) is 108 Å². The zero-order valence-corrected chi connectivity index (χ0v) is 22.0. The molecule has 2 aliphatic rings. The van der Waals surface area contributed by atoms with Gasteiger partial charge in [0.05, 0.1) is 29.3 Å². The number of halogens is 3. The second-order valence-corrected chi connectivity index (χ2v) is 10.3. The number of carbonyl (C=O) groups is 1. The molecule has 1 aromatic heterocycles. The highest BCUT2D eigenvalue weighted by Crippen LogP contribution is 2.46. The smallest absolute Gasteiger partial charge is 0.298 e. The van der Waals surface area contributed by atoms with Crippen molar-refractivity contribution in [2.24, 2.45) is 0 Å². The van der Waals surface area contributed by atoms with Crippen LogP contribution in [-0.2, 0) is 22.7 Å². The average molecular weight is 545 g/mol. The van der Waals surface area contributed by atoms with E-state index in [-0.39, 0.29) is 11.5 Å². The lowest BCUT2D eigenvalue weighted by Gasteiger charge is -2.39. The maximum atomic E-state index is 15.2. The summed E-state index contributed by atoms with van der Waals surface area (Å²) in [6, 6.07) is 4.70. The van der Waals surface area contributed by atoms with Crippen molar-refractivity contribution in [3.8, 4) is 5.75 Å². The summed E-state index contributed by atoms with van der Waals surface area (Å²) < 4.78 is 49.4. The van der Waals surface area contributed by atoms with Crippen molar-refractivity contribution in [2.45, 2.75) is 57.6 Å². The van der Waals surface area contributed by atoms with E-state index in [9.17, 15) is 18.7 Å². The van der Waals surface area contributed by atoms with Crippen LogP contribution in [-0.4, -0.2) is 57.3 Å². The standard InChI is InChI=1S/C28H31F3N4O4/c1-15(18-5-4-6-21(23(18)29)28(30,31)14-36)32-26-20-13-22(27(38)8-10-35(11-9-27)17(3)37)25-19(7-12-39-25)24(20)33-16(2)34-26/h4-6,13,15,36,38H,7-12,14H2,1-3H3,(H,32,33,34)/t15-/m1/s1. The first-order valence-electron chi connectivity index (χ1n) is 12.9. The second-order valence-electron chi connectivity index (χ2n) is 10.3. The zero-order chi connectivity index (χ0) is 28.1. The van der Waals surface area contributed by atoms with E-state index in [1.165, 1.54) is 19.1 Å². The van der Waals surface area contributed by atoms with Crippen LogP contribution in [0.2, 0.25) is 0 Å². The van der Waals surface area contributed by atoms with E-state index in [0.717, 1.165) is 11.6 Å². The monoisotopic (exact) mass is 544 g/mol. The van der Waals surface area contributed by atoms with Gasteiger partial charge in [-0.05, 0) is 38.8 Å². The van der Waals surface area contributed by atoms with Crippen LogP contribution in [0.25, 0.3) is 10.9 Å². The van der Waals surface area contributed by atoms with Crippen molar-refractivity contribution in [1.29, 1.82) is 0 Å². The molecule has 1 fully saturated rings. The lowest BCUT2D eigenvalue weighted by atomic mass is 9.82. The van der Waals surface area contributed by atoms with Crippen LogP contribution in [0.15, 0.2) is 24.3 Å². The van der Waals surface area contributed by atoms with Crippen LogP contribution in [0.5, 0.6) is 5.75 Å². The Labute approximate surface area is 223 Å². The highest BCUT2D eigenvalue weighted by Gasteiger charge is 2.40. The summed E-state index contributed by atoms with van der Waals surface area (Å²) in [5, 5.41) is 24.5. The van der Waals surface area contributed by atoms with Crippen molar-refractivity contribution in [1.82, 2.24) is 14.9 Å². The molecule has 0 radical (unpaired) electrons. The molecular weight excluding hydrogens is 513 g/mol. The van der Waals surface area contributed by atoms with Gasteiger partial charge in [0, 0.05) is 48.5 Å². The first-order chi connectivity index (χ1) is 18.4. The molecule has 1 amide bonds. The zero-order valence-electron chi connectivity index (χ0n) is 22.0. The van der Waals surface area contributed by atoms with Gasteiger partial charge in [0.15, 0.2) is 0 Å². The molecule has 0 aliphatic carbocycles. The van der Waals surface area contributed by atoms with Gasteiger partial charge in [-0.25, -0.2) is 14.4 Å². The molecule has 3 heterocycles. The summed E-state index contributed by atoms with van der Waals surface area (Å²) in [7, 11) is 0. The van der Waals surface area contributed by atoms with Crippen LogP contribution >= 0.6 is 0 Å². The minimum atomic E-state index is -3.72. The number of nitrogens with one attached hydrogen (secondary N) is 1. The normalized spacial score (nSPS) is 17.6. The number of piperidine rings is 1. The van der Waals surface area contributed by atoms with Gasteiger partial charge in [-0.1, -0.05) is 12.1 Å². The third kappa shape index (κ3) is 4.78. The first kappa shape index (κ1) is 27.1. The predicted octanol–water partition coefficient (Wildman–Crippen LogP) is 4.10. The van der Waals surface area contributed by atoms with Gasteiger partial charge in [0.2, 0.25) is 5.91 Å². The lowest BCUT2D eigenvalue weighted by molar-refractivity contribution is -0.133. The van der Waals surface area contributed by atoms with E-state index in [2.05, 4.69) is 15.3 Å². The number of benzene rings is 2. The van der Waals surface area contributed by atoms with Crippen molar-refractivity contribution in [3.05, 3.63) is 58.2 Å². The fourth-order valence-corrected chi connectivity index (χ4v) is 5.53. The lowest BCUT2D eigenvalue weighted by Crippen LogP contribution is -2.44. The molecule has 0 unspecified atom stereocenters. The highest BCUT2D eigenvalue weighted by atomic mass is 19.3. The summed E-state index contributed by atoms with van der Waals surface area (Å²) in [6.45, 7) is 4.58. The molecule has 3 aromatic rings. The van der Waals surface area contributed by atoms with Gasteiger partial charge in [-0.15, -0.1) is 0 Å². The van der Waals surface area contributed by atoms with E-state index in [0.29, 0.717) is 72.8 Å². The number of amides is 1. The number of nitrogens with zero attached hydrogens (tertiary/aromatic N) is 3. The molecule has 2 aromatic carbocycles. The van der Waals surface area contributed by atoms with Crippen LogP contribution in [0.4, 0.5) is 19.0 Å². The van der Waals surface area contributed by atoms with Crippen molar-refractivity contribution in [2.75, 3.05) is 31.6 Å². The molecule has 39 heavy (non-hydrogen) atoms. The molecule has 1 atom stereocenters. The Kier molecular flexibility index (Phi) is 6.92. The molecular formula is C28H31F3N4O4. The third-order valence-electron chi connectivity index (χ3n) is 7.73. The maximum absolute atomic E-state index is 15.2. The Morgan fingerprint density at radius 2 is 2.00 bits per heavy atom. The van der Waals surface area contributed by atoms with E-state index in [1.807, 2.05) is 0 Å².